The maximum absolute atomic E-state index is 12.7. The van der Waals surface area contributed by atoms with Crippen LogP contribution in [0.5, 0.6) is 0 Å². The second-order valence-corrected chi connectivity index (χ2v) is 7.78. The minimum Gasteiger partial charge on any atom is -0.325 e. The second kappa shape index (κ2) is 10.6. The summed E-state index contributed by atoms with van der Waals surface area (Å²) >= 11 is 7.48. The third-order valence-corrected chi connectivity index (χ3v) is 5.58. The molecule has 2 amide bonds. The average molecular weight is 396 g/mol. The summed E-state index contributed by atoms with van der Waals surface area (Å²) in [5, 5.41) is 3.61. The maximum Gasteiger partial charge on any atom is 0.242 e. The molecule has 1 fully saturated rings. The topological polar surface area (TPSA) is 61.8 Å². The molecule has 1 heterocycles. The Balaban J connectivity index is 2.01. The number of thioether (sulfide) groups is 1. The highest BCUT2D eigenvalue weighted by atomic mass is 35.5. The summed E-state index contributed by atoms with van der Waals surface area (Å²) in [6.07, 6.45) is 4.11. The predicted octanol–water partition coefficient (Wildman–Crippen LogP) is 4.57. The van der Waals surface area contributed by atoms with Gasteiger partial charge in [0.05, 0.1) is 10.7 Å². The zero-order chi connectivity index (χ0) is 18.9. The lowest BCUT2D eigenvalue weighted by Gasteiger charge is -2.16. The van der Waals surface area contributed by atoms with Crippen molar-refractivity contribution in [2.24, 2.45) is 4.99 Å². The third kappa shape index (κ3) is 5.74. The van der Waals surface area contributed by atoms with Crippen molar-refractivity contribution in [3.63, 3.8) is 0 Å². The van der Waals surface area contributed by atoms with Crippen molar-refractivity contribution in [2.45, 2.75) is 51.2 Å². The van der Waals surface area contributed by atoms with Crippen LogP contribution in [0.3, 0.4) is 0 Å². The van der Waals surface area contributed by atoms with Crippen LogP contribution < -0.4 is 5.32 Å². The molecule has 1 atom stereocenters. The molecule has 1 saturated heterocycles. The lowest BCUT2D eigenvalue weighted by molar-refractivity contribution is -0.128. The Labute approximate surface area is 164 Å². The summed E-state index contributed by atoms with van der Waals surface area (Å²) in [4.78, 5) is 31.4. The highest BCUT2D eigenvalue weighted by molar-refractivity contribution is 8.15. The smallest absolute Gasteiger partial charge is 0.242 e. The van der Waals surface area contributed by atoms with Gasteiger partial charge in [0.1, 0.15) is 5.25 Å². The fourth-order valence-corrected chi connectivity index (χ4v) is 3.92. The number of carbonyl (C=O) groups excluding carboxylic acids is 2. The Hall–Kier alpha value is -1.53. The van der Waals surface area contributed by atoms with Crippen LogP contribution in [0.15, 0.2) is 29.3 Å². The van der Waals surface area contributed by atoms with Crippen LogP contribution in [0, 0.1) is 0 Å². The van der Waals surface area contributed by atoms with Gasteiger partial charge in [-0.15, -0.1) is 0 Å². The molecule has 0 spiro atoms. The van der Waals surface area contributed by atoms with Crippen molar-refractivity contribution in [2.75, 3.05) is 18.4 Å². The molecule has 1 aliphatic rings. The molecule has 0 unspecified atom stereocenters. The van der Waals surface area contributed by atoms with E-state index in [1.807, 2.05) is 6.07 Å². The lowest BCUT2D eigenvalue weighted by atomic mass is 10.2. The highest BCUT2D eigenvalue weighted by Crippen LogP contribution is 2.30. The number of aliphatic imine (C=N–C) groups is 1. The molecule has 1 N–H and O–H groups in total. The van der Waals surface area contributed by atoms with E-state index in [1.165, 1.54) is 11.8 Å². The number of halogens is 1. The molecule has 7 heteroatoms. The first kappa shape index (κ1) is 20.8. The van der Waals surface area contributed by atoms with Crippen molar-refractivity contribution >= 4 is 46.0 Å². The van der Waals surface area contributed by atoms with Crippen LogP contribution in [0.4, 0.5) is 5.69 Å². The van der Waals surface area contributed by atoms with E-state index < -0.39 is 5.25 Å². The summed E-state index contributed by atoms with van der Waals surface area (Å²) in [5.41, 5.74) is 0.564. The molecule has 0 bridgehead atoms. The minimum absolute atomic E-state index is 0.0204. The Morgan fingerprint density at radius 3 is 2.69 bits per heavy atom. The zero-order valence-electron chi connectivity index (χ0n) is 15.3. The molecular formula is C19H26ClN3O2S. The molecule has 0 radical (unpaired) electrons. The van der Waals surface area contributed by atoms with Gasteiger partial charge in [-0.25, -0.2) is 0 Å². The van der Waals surface area contributed by atoms with Crippen LogP contribution in [0.1, 0.15) is 46.0 Å². The molecule has 0 saturated carbocycles. The molecule has 2 rings (SSSR count). The van der Waals surface area contributed by atoms with Gasteiger partial charge in [-0.2, -0.15) is 0 Å². The number of hydrogen-bond acceptors (Lipinski definition) is 4. The fourth-order valence-electron chi connectivity index (χ4n) is 2.55. The summed E-state index contributed by atoms with van der Waals surface area (Å²) in [6, 6.07) is 7.08. The average Bonchev–Trinajstić information content (AvgIpc) is 2.90. The number of rotatable bonds is 9. The van der Waals surface area contributed by atoms with Crippen LogP contribution >= 0.6 is 23.4 Å². The number of unbranched alkanes of at least 4 members (excludes halogenated alkanes) is 2. The standard InChI is InChI=1S/C19H26ClN3O2S/c1-3-5-11-21-19-23(12-6-4-2)18(25)16(26-19)13-17(24)22-15-10-8-7-9-14(15)20/h7-10,16H,3-6,11-13H2,1-2H3,(H,22,24)/t16-/m1/s1. The molecule has 0 aromatic heterocycles. The van der Waals surface area contributed by atoms with Crippen LogP contribution in [0.25, 0.3) is 0 Å². The molecule has 0 aliphatic carbocycles. The van der Waals surface area contributed by atoms with Crippen molar-refractivity contribution in [3.05, 3.63) is 29.3 Å². The van der Waals surface area contributed by atoms with Gasteiger partial charge in [0.25, 0.3) is 0 Å². The van der Waals surface area contributed by atoms with Gasteiger partial charge in [-0.05, 0) is 25.0 Å². The Morgan fingerprint density at radius 1 is 1.27 bits per heavy atom. The van der Waals surface area contributed by atoms with Crippen molar-refractivity contribution < 1.29 is 9.59 Å². The summed E-state index contributed by atoms with van der Waals surface area (Å²) < 4.78 is 0. The molecule has 26 heavy (non-hydrogen) atoms. The van der Waals surface area contributed by atoms with Crippen molar-refractivity contribution in [1.29, 1.82) is 0 Å². The van der Waals surface area contributed by atoms with Gasteiger partial charge >= 0.3 is 0 Å². The molecule has 1 aliphatic heterocycles. The molecular weight excluding hydrogens is 370 g/mol. The number of para-hydroxylation sites is 1. The molecule has 5 nitrogen and oxygen atoms in total. The maximum atomic E-state index is 12.7. The van der Waals surface area contributed by atoms with Gasteiger partial charge in [0.15, 0.2) is 5.17 Å². The number of carbonyl (C=O) groups is 2. The van der Waals surface area contributed by atoms with Crippen molar-refractivity contribution in [1.82, 2.24) is 4.90 Å². The van der Waals surface area contributed by atoms with Gasteiger partial charge in [-0.3, -0.25) is 19.5 Å². The van der Waals surface area contributed by atoms with E-state index in [2.05, 4.69) is 24.2 Å². The van der Waals surface area contributed by atoms with E-state index in [4.69, 9.17) is 11.6 Å². The first-order chi connectivity index (χ1) is 12.6. The monoisotopic (exact) mass is 395 g/mol. The van der Waals surface area contributed by atoms with E-state index in [0.29, 0.717) is 23.8 Å². The van der Waals surface area contributed by atoms with Crippen LogP contribution in [-0.4, -0.2) is 40.2 Å². The van der Waals surface area contributed by atoms with Crippen LogP contribution in [0.2, 0.25) is 5.02 Å². The van der Waals surface area contributed by atoms with E-state index in [-0.39, 0.29) is 18.2 Å². The van der Waals surface area contributed by atoms with E-state index in [0.717, 1.165) is 30.9 Å². The van der Waals surface area contributed by atoms with Gasteiger partial charge < -0.3 is 5.32 Å². The summed E-state index contributed by atoms with van der Waals surface area (Å²) in [7, 11) is 0. The number of anilines is 1. The van der Waals surface area contributed by atoms with Gasteiger partial charge in [-0.1, -0.05) is 62.2 Å². The van der Waals surface area contributed by atoms with E-state index >= 15 is 0 Å². The fraction of sp³-hybridized carbons (Fsp3) is 0.526. The van der Waals surface area contributed by atoms with Gasteiger partial charge in [0.2, 0.25) is 11.8 Å². The number of benzene rings is 1. The first-order valence-electron chi connectivity index (χ1n) is 9.13. The Morgan fingerprint density at radius 2 is 2.00 bits per heavy atom. The normalized spacial score (nSPS) is 18.6. The van der Waals surface area contributed by atoms with E-state index in [9.17, 15) is 9.59 Å². The van der Waals surface area contributed by atoms with Crippen molar-refractivity contribution in [3.8, 4) is 0 Å². The molecule has 1 aromatic rings. The van der Waals surface area contributed by atoms with E-state index in [1.54, 1.807) is 23.1 Å². The summed E-state index contributed by atoms with van der Waals surface area (Å²) in [5.74, 6) is -0.234. The second-order valence-electron chi connectivity index (χ2n) is 6.20. The predicted molar refractivity (Wildman–Crippen MR) is 110 cm³/mol. The Kier molecular flexibility index (Phi) is 8.45. The Bertz CT molecular complexity index is 666. The molecule has 1 aromatic carbocycles. The SMILES string of the molecule is CCCCN=C1S[C@H](CC(=O)Nc2ccccc2Cl)C(=O)N1CCCC. The minimum atomic E-state index is -0.422. The lowest BCUT2D eigenvalue weighted by Crippen LogP contribution is -2.34. The van der Waals surface area contributed by atoms with Gasteiger partial charge in [0, 0.05) is 19.5 Å². The number of hydrogen-bond donors (Lipinski definition) is 1. The zero-order valence-corrected chi connectivity index (χ0v) is 16.9. The molecule has 142 valence electrons. The third-order valence-electron chi connectivity index (χ3n) is 4.03. The number of amidine groups is 1. The number of amides is 2. The highest BCUT2D eigenvalue weighted by Gasteiger charge is 2.38. The number of nitrogens with zero attached hydrogens (tertiary/aromatic N) is 2. The van der Waals surface area contributed by atoms with Crippen LogP contribution in [-0.2, 0) is 9.59 Å². The largest absolute Gasteiger partial charge is 0.325 e. The number of nitrogens with one attached hydrogen (secondary N) is 1. The first-order valence-corrected chi connectivity index (χ1v) is 10.4. The summed E-state index contributed by atoms with van der Waals surface area (Å²) in [6.45, 7) is 5.59. The quantitative estimate of drug-likeness (QED) is 0.623.